The third-order valence-electron chi connectivity index (χ3n) is 5.46. The second-order valence-electron chi connectivity index (χ2n) is 7.79. The minimum atomic E-state index is -0.299. The molecule has 1 aliphatic heterocycles. The molecule has 1 amide bonds. The highest BCUT2D eigenvalue weighted by Crippen LogP contribution is 2.20. The first-order chi connectivity index (χ1) is 15.0. The number of rotatable bonds is 7. The fourth-order valence-corrected chi connectivity index (χ4v) is 3.44. The van der Waals surface area contributed by atoms with Gasteiger partial charge in [-0.1, -0.05) is 19.1 Å². The maximum atomic E-state index is 14.0. The number of hydrogen-bond acceptors (Lipinski definition) is 4. The lowest BCUT2D eigenvalue weighted by Gasteiger charge is -2.20. The van der Waals surface area contributed by atoms with E-state index < -0.39 is 0 Å². The summed E-state index contributed by atoms with van der Waals surface area (Å²) in [6.07, 6.45) is 3.38. The molecule has 3 N–H and O–H groups in total. The number of aromatic nitrogens is 1. The first kappa shape index (κ1) is 22.5. The van der Waals surface area contributed by atoms with Gasteiger partial charge < -0.3 is 20.9 Å². The molecule has 2 atom stereocenters. The number of halogens is 1. The molecule has 0 radical (unpaired) electrons. The number of guanidine groups is 1. The molecule has 1 aromatic heterocycles. The maximum absolute atomic E-state index is 14.0. The van der Waals surface area contributed by atoms with Crippen LogP contribution in [0, 0.1) is 5.82 Å². The van der Waals surface area contributed by atoms with E-state index in [1.807, 2.05) is 43.0 Å². The monoisotopic (exact) mass is 426 g/mol. The summed E-state index contributed by atoms with van der Waals surface area (Å²) in [5, 5.41) is 9.66. The number of benzene rings is 1. The Morgan fingerprint density at radius 1 is 1.32 bits per heavy atom. The van der Waals surface area contributed by atoms with Gasteiger partial charge >= 0.3 is 0 Å². The Labute approximate surface area is 183 Å². The molecule has 2 aromatic rings. The second-order valence-corrected chi connectivity index (χ2v) is 7.79. The Morgan fingerprint density at radius 2 is 2.10 bits per heavy atom. The number of carbonyl (C=O) groups excluding carboxylic acids is 1. The summed E-state index contributed by atoms with van der Waals surface area (Å²) in [7, 11) is 1.73. The summed E-state index contributed by atoms with van der Waals surface area (Å²) in [5.41, 5.74) is 1.70. The Kier molecular flexibility index (Phi) is 7.81. The highest BCUT2D eigenvalue weighted by Gasteiger charge is 2.25. The van der Waals surface area contributed by atoms with Crippen molar-refractivity contribution in [2.45, 2.75) is 45.3 Å². The van der Waals surface area contributed by atoms with E-state index in [4.69, 9.17) is 0 Å². The van der Waals surface area contributed by atoms with Crippen molar-refractivity contribution in [2.75, 3.05) is 25.0 Å². The van der Waals surface area contributed by atoms with Crippen LogP contribution in [-0.4, -0.2) is 49.1 Å². The van der Waals surface area contributed by atoms with E-state index >= 15 is 0 Å². The highest BCUT2D eigenvalue weighted by molar-refractivity contribution is 5.94. The molecule has 0 spiro atoms. The fourth-order valence-electron chi connectivity index (χ4n) is 3.44. The zero-order chi connectivity index (χ0) is 22.2. The topological polar surface area (TPSA) is 81.6 Å². The van der Waals surface area contributed by atoms with Crippen LogP contribution in [0.3, 0.4) is 0 Å². The molecule has 0 bridgehead atoms. The summed E-state index contributed by atoms with van der Waals surface area (Å²) in [4.78, 5) is 22.6. The van der Waals surface area contributed by atoms with E-state index in [-0.39, 0.29) is 23.8 Å². The quantitative estimate of drug-likeness (QED) is 0.469. The molecule has 2 unspecified atom stereocenters. The average Bonchev–Trinajstić information content (AvgIpc) is 3.25. The highest BCUT2D eigenvalue weighted by atomic mass is 19.1. The number of anilines is 1. The number of amides is 1. The zero-order valence-electron chi connectivity index (χ0n) is 18.4. The van der Waals surface area contributed by atoms with Crippen LogP contribution >= 0.6 is 0 Å². The minimum Gasteiger partial charge on any atom is -0.352 e. The van der Waals surface area contributed by atoms with Crippen molar-refractivity contribution in [2.24, 2.45) is 4.99 Å². The SMILES string of the molecule is CCC(C)NC(=O)c1ccc(CNC(=NC)NC2CCN(c3ncccc3F)C2)cc1. The van der Waals surface area contributed by atoms with Crippen molar-refractivity contribution in [3.63, 3.8) is 0 Å². The number of pyridine rings is 1. The van der Waals surface area contributed by atoms with Crippen LogP contribution in [0.2, 0.25) is 0 Å². The van der Waals surface area contributed by atoms with Gasteiger partial charge in [-0.2, -0.15) is 0 Å². The molecule has 1 aromatic carbocycles. The first-order valence-corrected chi connectivity index (χ1v) is 10.7. The van der Waals surface area contributed by atoms with Crippen LogP contribution in [0.1, 0.15) is 42.6 Å². The van der Waals surface area contributed by atoms with Gasteiger partial charge in [0.2, 0.25) is 0 Å². The van der Waals surface area contributed by atoms with Crippen LogP contribution in [0.4, 0.5) is 10.2 Å². The summed E-state index contributed by atoms with van der Waals surface area (Å²) in [6.45, 7) is 6.02. The van der Waals surface area contributed by atoms with Crippen molar-refractivity contribution in [1.29, 1.82) is 0 Å². The van der Waals surface area contributed by atoms with Gasteiger partial charge in [-0.15, -0.1) is 0 Å². The van der Waals surface area contributed by atoms with Crippen LogP contribution in [0.15, 0.2) is 47.6 Å². The summed E-state index contributed by atoms with van der Waals surface area (Å²) in [5.74, 6) is 0.729. The normalized spacial score (nSPS) is 17.4. The minimum absolute atomic E-state index is 0.0542. The third-order valence-corrected chi connectivity index (χ3v) is 5.46. The van der Waals surface area contributed by atoms with Gasteiger partial charge in [-0.05, 0) is 49.6 Å². The number of aliphatic imine (C=N–C) groups is 1. The predicted octanol–water partition coefficient (Wildman–Crippen LogP) is 2.69. The number of carbonyl (C=O) groups is 1. The summed E-state index contributed by atoms with van der Waals surface area (Å²) in [6, 6.07) is 10.9. The molecule has 1 aliphatic rings. The molecule has 0 aliphatic carbocycles. The Balaban J connectivity index is 1.49. The first-order valence-electron chi connectivity index (χ1n) is 10.7. The number of hydrogen-bond donors (Lipinski definition) is 3. The standard InChI is InChI=1S/C23H31FN6O/c1-4-16(2)28-22(31)18-9-7-17(8-10-18)14-27-23(25-3)29-19-11-13-30(15-19)21-20(24)6-5-12-26-21/h5-10,12,16,19H,4,11,13-15H2,1-3H3,(H,28,31)(H2,25,27,29). The van der Waals surface area contributed by atoms with Gasteiger partial charge in [0.05, 0.1) is 0 Å². The predicted molar refractivity (Wildman–Crippen MR) is 122 cm³/mol. The number of nitrogens with one attached hydrogen (secondary N) is 3. The van der Waals surface area contributed by atoms with E-state index in [9.17, 15) is 9.18 Å². The van der Waals surface area contributed by atoms with Crippen molar-refractivity contribution in [1.82, 2.24) is 20.9 Å². The Bertz CT molecular complexity index is 901. The van der Waals surface area contributed by atoms with E-state index in [0.29, 0.717) is 30.4 Å². The maximum Gasteiger partial charge on any atom is 0.251 e. The molecule has 31 heavy (non-hydrogen) atoms. The Hall–Kier alpha value is -3.16. The lowest BCUT2D eigenvalue weighted by Crippen LogP contribution is -2.44. The van der Waals surface area contributed by atoms with E-state index in [1.54, 1.807) is 19.3 Å². The van der Waals surface area contributed by atoms with Crippen molar-refractivity contribution >= 4 is 17.7 Å². The molecule has 1 saturated heterocycles. The molecule has 166 valence electrons. The fraction of sp³-hybridized carbons (Fsp3) is 0.435. The molecule has 1 fully saturated rings. The van der Waals surface area contributed by atoms with Gasteiger partial charge in [-0.3, -0.25) is 9.79 Å². The average molecular weight is 427 g/mol. The molecule has 3 rings (SSSR count). The van der Waals surface area contributed by atoms with E-state index in [0.717, 1.165) is 24.9 Å². The van der Waals surface area contributed by atoms with Crippen molar-refractivity contribution < 1.29 is 9.18 Å². The lowest BCUT2D eigenvalue weighted by molar-refractivity contribution is 0.0939. The van der Waals surface area contributed by atoms with Crippen molar-refractivity contribution in [3.8, 4) is 0 Å². The van der Waals surface area contributed by atoms with Crippen LogP contribution in [-0.2, 0) is 6.54 Å². The van der Waals surface area contributed by atoms with Crippen LogP contribution in [0.5, 0.6) is 0 Å². The van der Waals surface area contributed by atoms with Gasteiger partial charge in [-0.25, -0.2) is 9.37 Å². The second kappa shape index (κ2) is 10.7. The molecular formula is C23H31FN6O. The Morgan fingerprint density at radius 3 is 2.77 bits per heavy atom. The molecule has 0 saturated carbocycles. The van der Waals surface area contributed by atoms with E-state index in [2.05, 4.69) is 25.9 Å². The molecular weight excluding hydrogens is 395 g/mol. The van der Waals surface area contributed by atoms with Gasteiger partial charge in [0, 0.05) is 50.5 Å². The lowest BCUT2D eigenvalue weighted by atomic mass is 10.1. The zero-order valence-corrected chi connectivity index (χ0v) is 18.4. The number of nitrogens with zero attached hydrogens (tertiary/aromatic N) is 3. The van der Waals surface area contributed by atoms with Crippen molar-refractivity contribution in [3.05, 3.63) is 59.5 Å². The van der Waals surface area contributed by atoms with Gasteiger partial charge in [0.1, 0.15) is 0 Å². The molecule has 7 nitrogen and oxygen atoms in total. The van der Waals surface area contributed by atoms with Gasteiger partial charge in [0.25, 0.3) is 5.91 Å². The summed E-state index contributed by atoms with van der Waals surface area (Å²) < 4.78 is 14.0. The smallest absolute Gasteiger partial charge is 0.251 e. The van der Waals surface area contributed by atoms with E-state index in [1.165, 1.54) is 6.07 Å². The molecule has 8 heteroatoms. The largest absolute Gasteiger partial charge is 0.352 e. The summed E-state index contributed by atoms with van der Waals surface area (Å²) >= 11 is 0. The van der Waals surface area contributed by atoms with Gasteiger partial charge in [0.15, 0.2) is 17.6 Å². The third kappa shape index (κ3) is 6.16. The van der Waals surface area contributed by atoms with Crippen LogP contribution < -0.4 is 20.9 Å². The van der Waals surface area contributed by atoms with Crippen LogP contribution in [0.25, 0.3) is 0 Å². The molecule has 2 heterocycles.